The molecule has 1 aromatic carbocycles. The van der Waals surface area contributed by atoms with Crippen molar-refractivity contribution < 1.29 is 8.42 Å². The van der Waals surface area contributed by atoms with Gasteiger partial charge in [-0.05, 0) is 18.6 Å². The summed E-state index contributed by atoms with van der Waals surface area (Å²) < 4.78 is 26.2. The van der Waals surface area contributed by atoms with E-state index >= 15 is 0 Å². The number of benzene rings is 1. The van der Waals surface area contributed by atoms with Gasteiger partial charge in [0.15, 0.2) is 0 Å². The highest BCUT2D eigenvalue weighted by atomic mass is 35.5. The van der Waals surface area contributed by atoms with Crippen LogP contribution >= 0.6 is 23.2 Å². The van der Waals surface area contributed by atoms with E-state index in [-0.39, 0.29) is 5.75 Å². The molecule has 0 aliphatic heterocycles. The Morgan fingerprint density at radius 1 is 1.17 bits per heavy atom. The molecule has 3 nitrogen and oxygen atoms in total. The summed E-state index contributed by atoms with van der Waals surface area (Å²) in [5, 5.41) is 0.753. The van der Waals surface area contributed by atoms with Crippen LogP contribution in [0.1, 0.15) is 31.7 Å². The van der Waals surface area contributed by atoms with Crippen molar-refractivity contribution in [2.45, 2.75) is 31.9 Å². The minimum Gasteiger partial charge on any atom is -0.215 e. The molecule has 1 aromatic rings. The van der Waals surface area contributed by atoms with Crippen LogP contribution in [-0.2, 0) is 15.8 Å². The average molecular weight is 310 g/mol. The highest BCUT2D eigenvalue weighted by Crippen LogP contribution is 2.25. The summed E-state index contributed by atoms with van der Waals surface area (Å²) in [4.78, 5) is 0. The Labute approximate surface area is 119 Å². The molecule has 0 bridgehead atoms. The van der Waals surface area contributed by atoms with Crippen LogP contribution in [0.4, 0.5) is 0 Å². The SMILES string of the molecule is CCCCCNS(=O)(=O)Cc1c(Cl)cccc1Cl. The number of hydrogen-bond acceptors (Lipinski definition) is 2. The van der Waals surface area contributed by atoms with E-state index in [9.17, 15) is 8.42 Å². The van der Waals surface area contributed by atoms with Crippen LogP contribution in [0.5, 0.6) is 0 Å². The van der Waals surface area contributed by atoms with Crippen molar-refractivity contribution >= 4 is 33.2 Å². The van der Waals surface area contributed by atoms with Crippen LogP contribution in [0, 0.1) is 0 Å². The molecular weight excluding hydrogens is 293 g/mol. The molecule has 0 fully saturated rings. The highest BCUT2D eigenvalue weighted by molar-refractivity contribution is 7.88. The van der Waals surface area contributed by atoms with Crippen molar-refractivity contribution in [3.8, 4) is 0 Å². The lowest BCUT2D eigenvalue weighted by atomic mass is 10.2. The van der Waals surface area contributed by atoms with E-state index in [0.29, 0.717) is 22.2 Å². The zero-order chi connectivity index (χ0) is 13.6. The fourth-order valence-electron chi connectivity index (χ4n) is 1.51. The number of rotatable bonds is 7. The van der Waals surface area contributed by atoms with Crippen molar-refractivity contribution in [3.63, 3.8) is 0 Å². The van der Waals surface area contributed by atoms with Gasteiger partial charge in [-0.25, -0.2) is 13.1 Å². The fraction of sp³-hybridized carbons (Fsp3) is 0.500. The van der Waals surface area contributed by atoms with E-state index in [1.165, 1.54) is 0 Å². The van der Waals surface area contributed by atoms with Gasteiger partial charge in [-0.3, -0.25) is 0 Å². The summed E-state index contributed by atoms with van der Waals surface area (Å²) in [5.74, 6) is -0.183. The van der Waals surface area contributed by atoms with Gasteiger partial charge in [-0.1, -0.05) is 49.0 Å². The number of hydrogen-bond donors (Lipinski definition) is 1. The Morgan fingerprint density at radius 2 is 1.78 bits per heavy atom. The molecule has 0 aliphatic carbocycles. The topological polar surface area (TPSA) is 46.2 Å². The first kappa shape index (κ1) is 15.8. The van der Waals surface area contributed by atoms with E-state index in [0.717, 1.165) is 19.3 Å². The van der Waals surface area contributed by atoms with E-state index < -0.39 is 10.0 Å². The number of sulfonamides is 1. The molecular formula is C12H17Cl2NO2S. The second-order valence-corrected chi connectivity index (χ2v) is 6.68. The summed E-state index contributed by atoms with van der Waals surface area (Å²) in [5.41, 5.74) is 0.448. The Balaban J connectivity index is 2.65. The van der Waals surface area contributed by atoms with Crippen molar-refractivity contribution in [3.05, 3.63) is 33.8 Å². The van der Waals surface area contributed by atoms with Crippen molar-refractivity contribution in [1.29, 1.82) is 0 Å². The van der Waals surface area contributed by atoms with Crippen molar-refractivity contribution in [1.82, 2.24) is 4.72 Å². The predicted molar refractivity (Wildman–Crippen MR) is 76.6 cm³/mol. The third-order valence-electron chi connectivity index (χ3n) is 2.50. The largest absolute Gasteiger partial charge is 0.215 e. The molecule has 0 saturated heterocycles. The van der Waals surface area contributed by atoms with Crippen LogP contribution in [0.15, 0.2) is 18.2 Å². The lowest BCUT2D eigenvalue weighted by molar-refractivity contribution is 0.575. The zero-order valence-electron chi connectivity index (χ0n) is 10.2. The first-order chi connectivity index (χ1) is 8.46. The predicted octanol–water partition coefficient (Wildman–Crippen LogP) is 3.60. The summed E-state index contributed by atoms with van der Waals surface area (Å²) >= 11 is 11.9. The lowest BCUT2D eigenvalue weighted by Gasteiger charge is -2.09. The van der Waals surface area contributed by atoms with Gasteiger partial charge < -0.3 is 0 Å². The lowest BCUT2D eigenvalue weighted by Crippen LogP contribution is -2.26. The number of unbranched alkanes of at least 4 members (excludes halogenated alkanes) is 2. The number of nitrogens with one attached hydrogen (secondary N) is 1. The molecule has 0 aromatic heterocycles. The normalized spacial score (nSPS) is 11.7. The molecule has 0 atom stereocenters. The Kier molecular flexibility index (Phi) is 6.43. The molecule has 0 amide bonds. The van der Waals surface area contributed by atoms with E-state index in [2.05, 4.69) is 11.6 Å². The zero-order valence-corrected chi connectivity index (χ0v) is 12.6. The van der Waals surface area contributed by atoms with E-state index in [1.807, 2.05) is 0 Å². The fourth-order valence-corrected chi connectivity index (χ4v) is 3.45. The molecule has 0 unspecified atom stereocenters. The first-order valence-corrected chi connectivity index (χ1v) is 8.27. The van der Waals surface area contributed by atoms with Gasteiger partial charge in [0.1, 0.15) is 0 Å². The van der Waals surface area contributed by atoms with Crippen molar-refractivity contribution in [2.24, 2.45) is 0 Å². The van der Waals surface area contributed by atoms with Gasteiger partial charge in [0.2, 0.25) is 10.0 Å². The van der Waals surface area contributed by atoms with Gasteiger partial charge >= 0.3 is 0 Å². The van der Waals surface area contributed by atoms with E-state index in [4.69, 9.17) is 23.2 Å². The molecule has 0 saturated carbocycles. The van der Waals surface area contributed by atoms with Crippen LogP contribution in [-0.4, -0.2) is 15.0 Å². The van der Waals surface area contributed by atoms with Crippen LogP contribution in [0.3, 0.4) is 0 Å². The molecule has 0 heterocycles. The third-order valence-corrected chi connectivity index (χ3v) is 4.52. The van der Waals surface area contributed by atoms with Crippen LogP contribution < -0.4 is 4.72 Å². The Morgan fingerprint density at radius 3 is 2.33 bits per heavy atom. The van der Waals surface area contributed by atoms with Gasteiger partial charge in [0.25, 0.3) is 0 Å². The van der Waals surface area contributed by atoms with Gasteiger partial charge in [-0.15, -0.1) is 0 Å². The van der Waals surface area contributed by atoms with Crippen LogP contribution in [0.2, 0.25) is 10.0 Å². The monoisotopic (exact) mass is 309 g/mol. The molecule has 0 aliphatic rings. The maximum atomic E-state index is 11.8. The molecule has 1 rings (SSSR count). The first-order valence-electron chi connectivity index (χ1n) is 5.86. The van der Waals surface area contributed by atoms with Gasteiger partial charge in [0, 0.05) is 22.2 Å². The molecule has 102 valence electrons. The molecule has 18 heavy (non-hydrogen) atoms. The summed E-state index contributed by atoms with van der Waals surface area (Å²) in [6.07, 6.45) is 2.90. The molecule has 1 N–H and O–H groups in total. The van der Waals surface area contributed by atoms with E-state index in [1.54, 1.807) is 18.2 Å². The number of halogens is 2. The highest BCUT2D eigenvalue weighted by Gasteiger charge is 2.15. The molecule has 0 radical (unpaired) electrons. The van der Waals surface area contributed by atoms with Crippen molar-refractivity contribution in [2.75, 3.05) is 6.54 Å². The minimum absolute atomic E-state index is 0.183. The van der Waals surface area contributed by atoms with Gasteiger partial charge in [0.05, 0.1) is 5.75 Å². The standard InChI is InChI=1S/C12H17Cl2NO2S/c1-2-3-4-8-15-18(16,17)9-10-11(13)6-5-7-12(10)14/h5-7,15H,2-4,8-9H2,1H3. The summed E-state index contributed by atoms with van der Waals surface area (Å²) in [6, 6.07) is 4.96. The maximum Gasteiger partial charge on any atom is 0.215 e. The molecule has 0 spiro atoms. The minimum atomic E-state index is -3.38. The Hall–Kier alpha value is -0.290. The summed E-state index contributed by atoms with van der Waals surface area (Å²) in [6.45, 7) is 2.52. The summed E-state index contributed by atoms with van der Waals surface area (Å²) in [7, 11) is -3.38. The average Bonchev–Trinajstić information content (AvgIpc) is 2.30. The second-order valence-electron chi connectivity index (χ2n) is 4.06. The third kappa shape index (κ3) is 5.14. The Bertz CT molecular complexity index is 469. The quantitative estimate of drug-likeness (QED) is 0.782. The maximum absolute atomic E-state index is 11.8. The van der Waals surface area contributed by atoms with Crippen LogP contribution in [0.25, 0.3) is 0 Å². The second kappa shape index (κ2) is 7.34. The molecule has 6 heteroatoms. The van der Waals surface area contributed by atoms with Gasteiger partial charge in [-0.2, -0.15) is 0 Å². The smallest absolute Gasteiger partial charge is 0.215 e.